The number of benzene rings is 2. The van der Waals surface area contributed by atoms with Crippen molar-refractivity contribution in [2.45, 2.75) is 69.7 Å². The molecule has 0 saturated carbocycles. The first-order chi connectivity index (χ1) is 23.1. The van der Waals surface area contributed by atoms with E-state index < -0.39 is 17.7 Å². The average Bonchev–Trinajstić information content (AvgIpc) is 3.88. The summed E-state index contributed by atoms with van der Waals surface area (Å²) in [5.41, 5.74) is 9.61. The highest BCUT2D eigenvalue weighted by Crippen LogP contribution is 2.35. The van der Waals surface area contributed by atoms with Crippen molar-refractivity contribution in [1.82, 2.24) is 35.1 Å². The maximum Gasteiger partial charge on any atom is 0.405 e. The van der Waals surface area contributed by atoms with Crippen LogP contribution >= 0.6 is 0 Å². The van der Waals surface area contributed by atoms with Crippen LogP contribution in [0.3, 0.4) is 0 Å². The number of nitrogens with zero attached hydrogens (tertiary/aromatic N) is 4. The van der Waals surface area contributed by atoms with Gasteiger partial charge in [0.25, 0.3) is 5.91 Å². The van der Waals surface area contributed by atoms with E-state index in [1.54, 1.807) is 31.1 Å². The summed E-state index contributed by atoms with van der Waals surface area (Å²) >= 11 is 0. The molecule has 248 valence electrons. The summed E-state index contributed by atoms with van der Waals surface area (Å²) in [6, 6.07) is 15.6. The molecule has 4 aromatic rings. The molecule has 3 aliphatic heterocycles. The number of carbonyl (C=O) groups excluding carboxylic acids is 4. The molecule has 3 saturated heterocycles. The van der Waals surface area contributed by atoms with Gasteiger partial charge in [-0.25, -0.2) is 14.8 Å². The normalized spacial score (nSPS) is 20.8. The standard InChI is InChI=1S/C35H38N8O5/c1-35(2,48-34(36)47)33(46)43-16-4-6-28(43)31-38-19-26(41-31)23-13-9-21(10-14-23)20-7-11-22(12-8-20)25-18-37-30(40-25)27-5-3-15-42(27)32(45)24-17-29(44)39-24/h7-14,18-19,24,27-28H,3-6,15-17H2,1-2H3,(H2,36,47)(H,37,40)(H,38,41)(H,39,44)/t24?,27?,28-/m0/s1. The number of nitrogens with one attached hydrogen (secondary N) is 3. The van der Waals surface area contributed by atoms with Gasteiger partial charge in [0.1, 0.15) is 17.7 Å². The number of nitrogens with two attached hydrogens (primary N) is 1. The Morgan fingerprint density at radius 2 is 1.25 bits per heavy atom. The van der Waals surface area contributed by atoms with Crippen molar-refractivity contribution in [2.75, 3.05) is 13.1 Å². The fourth-order valence-corrected chi connectivity index (χ4v) is 6.95. The average molecular weight is 651 g/mol. The summed E-state index contributed by atoms with van der Waals surface area (Å²) < 4.78 is 5.08. The minimum atomic E-state index is -1.37. The number of ether oxygens (including phenoxy) is 1. The van der Waals surface area contributed by atoms with E-state index in [-0.39, 0.29) is 36.2 Å². The van der Waals surface area contributed by atoms with Crippen molar-refractivity contribution < 1.29 is 23.9 Å². The van der Waals surface area contributed by atoms with Crippen LogP contribution in [0.2, 0.25) is 0 Å². The Morgan fingerprint density at radius 3 is 1.73 bits per heavy atom. The third-order valence-electron chi connectivity index (χ3n) is 9.49. The van der Waals surface area contributed by atoms with Crippen LogP contribution in [-0.2, 0) is 19.1 Å². The first-order valence-corrected chi connectivity index (χ1v) is 16.3. The number of primary amides is 1. The minimum absolute atomic E-state index is 0.0382. The van der Waals surface area contributed by atoms with Gasteiger partial charge in [-0.15, -0.1) is 0 Å². The lowest BCUT2D eigenvalue weighted by Crippen LogP contribution is -2.57. The van der Waals surface area contributed by atoms with Crippen molar-refractivity contribution in [2.24, 2.45) is 5.73 Å². The van der Waals surface area contributed by atoms with E-state index in [1.165, 1.54) is 0 Å². The largest absolute Gasteiger partial charge is 0.434 e. The van der Waals surface area contributed by atoms with Gasteiger partial charge in [0.15, 0.2) is 5.60 Å². The number of aromatic amines is 2. The number of hydrogen-bond donors (Lipinski definition) is 4. The van der Waals surface area contributed by atoms with Crippen LogP contribution < -0.4 is 11.1 Å². The third-order valence-corrected chi connectivity index (χ3v) is 9.49. The van der Waals surface area contributed by atoms with Crippen LogP contribution in [0, 0.1) is 0 Å². The number of carbonyl (C=O) groups is 4. The summed E-state index contributed by atoms with van der Waals surface area (Å²) in [6.07, 6.45) is 6.15. The lowest BCUT2D eigenvalue weighted by molar-refractivity contribution is -0.149. The molecular formula is C35H38N8O5. The van der Waals surface area contributed by atoms with Crippen molar-refractivity contribution in [3.05, 3.63) is 72.6 Å². The Labute approximate surface area is 277 Å². The Balaban J connectivity index is 1.01. The molecule has 13 nitrogen and oxygen atoms in total. The summed E-state index contributed by atoms with van der Waals surface area (Å²) in [5, 5.41) is 2.69. The molecule has 2 aromatic heterocycles. The number of likely N-dealkylation sites (tertiary alicyclic amines) is 2. The summed E-state index contributed by atoms with van der Waals surface area (Å²) in [4.78, 5) is 68.3. The molecule has 2 aromatic carbocycles. The van der Waals surface area contributed by atoms with Crippen LogP contribution in [0.5, 0.6) is 0 Å². The van der Waals surface area contributed by atoms with E-state index >= 15 is 0 Å². The molecule has 13 heteroatoms. The van der Waals surface area contributed by atoms with Crippen LogP contribution in [0.1, 0.15) is 69.7 Å². The third kappa shape index (κ3) is 5.91. The van der Waals surface area contributed by atoms with Crippen LogP contribution in [0.25, 0.3) is 33.6 Å². The molecule has 0 bridgehead atoms. The summed E-state index contributed by atoms with van der Waals surface area (Å²) in [7, 11) is 0. The van der Waals surface area contributed by atoms with Crippen molar-refractivity contribution in [3.8, 4) is 33.6 Å². The van der Waals surface area contributed by atoms with Gasteiger partial charge >= 0.3 is 6.09 Å². The van der Waals surface area contributed by atoms with Crippen LogP contribution in [0.15, 0.2) is 60.9 Å². The van der Waals surface area contributed by atoms with Crippen molar-refractivity contribution in [1.29, 1.82) is 0 Å². The minimum Gasteiger partial charge on any atom is -0.434 e. The molecule has 5 N–H and O–H groups in total. The fourth-order valence-electron chi connectivity index (χ4n) is 6.95. The van der Waals surface area contributed by atoms with Gasteiger partial charge in [0, 0.05) is 13.1 Å². The Hall–Kier alpha value is -5.46. The number of amides is 4. The second-order valence-corrected chi connectivity index (χ2v) is 13.1. The van der Waals surface area contributed by atoms with Gasteiger partial charge in [-0.3, -0.25) is 14.4 Å². The van der Waals surface area contributed by atoms with Gasteiger partial charge in [-0.1, -0.05) is 48.5 Å². The molecule has 0 aliphatic carbocycles. The molecule has 7 rings (SSSR count). The maximum atomic E-state index is 13.2. The fraction of sp³-hybridized carbons (Fsp3) is 0.371. The van der Waals surface area contributed by atoms with Gasteiger partial charge in [-0.05, 0) is 61.8 Å². The predicted octanol–water partition coefficient (Wildman–Crippen LogP) is 4.22. The molecule has 5 heterocycles. The van der Waals surface area contributed by atoms with Crippen LogP contribution in [0.4, 0.5) is 4.79 Å². The van der Waals surface area contributed by atoms with Crippen molar-refractivity contribution in [3.63, 3.8) is 0 Å². The van der Waals surface area contributed by atoms with E-state index in [1.807, 2.05) is 29.2 Å². The van der Waals surface area contributed by atoms with Gasteiger partial charge in [0.05, 0.1) is 42.3 Å². The number of H-pyrrole nitrogens is 2. The zero-order valence-corrected chi connectivity index (χ0v) is 26.9. The smallest absolute Gasteiger partial charge is 0.405 e. The number of aromatic nitrogens is 4. The molecule has 0 spiro atoms. The molecule has 3 aliphatic rings. The molecule has 48 heavy (non-hydrogen) atoms. The first kappa shape index (κ1) is 31.2. The molecule has 4 amide bonds. The van der Waals surface area contributed by atoms with E-state index in [9.17, 15) is 19.2 Å². The van der Waals surface area contributed by atoms with Gasteiger partial charge in [-0.2, -0.15) is 0 Å². The predicted molar refractivity (Wildman–Crippen MR) is 176 cm³/mol. The highest BCUT2D eigenvalue weighted by atomic mass is 16.6. The Bertz CT molecular complexity index is 1850. The Kier molecular flexibility index (Phi) is 7.98. The van der Waals surface area contributed by atoms with E-state index in [4.69, 9.17) is 10.5 Å². The number of hydrogen-bond acceptors (Lipinski definition) is 7. The SMILES string of the molecule is CC(C)(OC(N)=O)C(=O)N1CCC[C@H]1c1ncc(-c2ccc(-c3ccc(-c4cnc(C5CCCN5C(=O)C5CC(=O)N5)[nH]4)cc3)cc2)[nH]1. The number of imidazole rings is 2. The van der Waals surface area contributed by atoms with Crippen molar-refractivity contribution >= 4 is 23.8 Å². The Morgan fingerprint density at radius 1 is 0.792 bits per heavy atom. The molecule has 0 radical (unpaired) electrons. The quantitative estimate of drug-likeness (QED) is 0.206. The lowest BCUT2D eigenvalue weighted by Gasteiger charge is -2.32. The molecular weight excluding hydrogens is 612 g/mol. The van der Waals surface area contributed by atoms with E-state index in [0.29, 0.717) is 18.9 Å². The first-order valence-electron chi connectivity index (χ1n) is 16.3. The van der Waals surface area contributed by atoms with Gasteiger partial charge in [0.2, 0.25) is 11.8 Å². The zero-order valence-electron chi connectivity index (χ0n) is 26.9. The second kappa shape index (κ2) is 12.3. The number of rotatable bonds is 8. The second-order valence-electron chi connectivity index (χ2n) is 13.1. The lowest BCUT2D eigenvalue weighted by atomic mass is 10.0. The zero-order chi connectivity index (χ0) is 33.6. The number of β-lactam (4-membered cyclic amide) rings is 1. The highest BCUT2D eigenvalue weighted by Gasteiger charge is 2.42. The molecule has 3 fully saturated rings. The molecule has 2 unspecified atom stereocenters. The van der Waals surface area contributed by atoms with Gasteiger partial charge < -0.3 is 35.6 Å². The topological polar surface area (TPSA) is 179 Å². The monoisotopic (exact) mass is 650 g/mol. The van der Waals surface area contributed by atoms with E-state index in [2.05, 4.69) is 49.5 Å². The summed E-state index contributed by atoms with van der Waals surface area (Å²) in [6.45, 7) is 4.29. The highest BCUT2D eigenvalue weighted by molar-refractivity contribution is 5.97. The van der Waals surface area contributed by atoms with E-state index in [0.717, 1.165) is 65.1 Å². The molecule has 3 atom stereocenters. The summed E-state index contributed by atoms with van der Waals surface area (Å²) in [5.74, 6) is 1.02. The maximum absolute atomic E-state index is 13.2. The van der Waals surface area contributed by atoms with Crippen LogP contribution in [-0.4, -0.2) is 78.3 Å².